The van der Waals surface area contributed by atoms with Crippen LogP contribution in [0.25, 0.3) is 0 Å². The molecule has 0 aliphatic carbocycles. The second-order valence-electron chi connectivity index (χ2n) is 4.66. The summed E-state index contributed by atoms with van der Waals surface area (Å²) in [6.45, 7) is 2.70. The Balaban J connectivity index is 2.25. The first-order chi connectivity index (χ1) is 9.61. The molecule has 5 nitrogen and oxygen atoms in total. The summed E-state index contributed by atoms with van der Waals surface area (Å²) < 4.78 is 10.4. The molecule has 1 aliphatic heterocycles. The number of carboxylic acid groups (broad SMARTS) is 1. The van der Waals surface area contributed by atoms with Crippen LogP contribution in [-0.4, -0.2) is 49.4 Å². The zero-order chi connectivity index (χ0) is 14.5. The largest absolute Gasteiger partial charge is 0.495 e. The molecule has 1 aliphatic rings. The molecule has 1 aromatic carbocycles. The van der Waals surface area contributed by atoms with E-state index in [-0.39, 0.29) is 12.5 Å². The van der Waals surface area contributed by atoms with Crippen LogP contribution in [0, 0.1) is 0 Å². The number of rotatable bonds is 5. The molecule has 6 heteroatoms. The molecule has 1 N–H and O–H groups in total. The van der Waals surface area contributed by atoms with Gasteiger partial charge in [0.15, 0.2) is 0 Å². The lowest BCUT2D eigenvalue weighted by atomic mass is 10.0. The summed E-state index contributed by atoms with van der Waals surface area (Å²) in [5.41, 5.74) is 0.889. The second kappa shape index (κ2) is 6.92. The molecule has 1 fully saturated rings. The van der Waals surface area contributed by atoms with Gasteiger partial charge in [-0.2, -0.15) is 0 Å². The van der Waals surface area contributed by atoms with Crippen molar-refractivity contribution in [2.75, 3.05) is 33.4 Å². The third kappa shape index (κ3) is 3.62. The van der Waals surface area contributed by atoms with Gasteiger partial charge in [-0.1, -0.05) is 17.7 Å². The van der Waals surface area contributed by atoms with Gasteiger partial charge in [0, 0.05) is 19.1 Å². The molecule has 0 amide bonds. The van der Waals surface area contributed by atoms with Crippen molar-refractivity contribution in [2.24, 2.45) is 0 Å². The van der Waals surface area contributed by atoms with E-state index in [2.05, 4.69) is 4.90 Å². The summed E-state index contributed by atoms with van der Waals surface area (Å²) in [7, 11) is 1.55. The topological polar surface area (TPSA) is 59.0 Å². The van der Waals surface area contributed by atoms with Crippen molar-refractivity contribution in [1.82, 2.24) is 4.90 Å². The van der Waals surface area contributed by atoms with Crippen molar-refractivity contribution < 1.29 is 19.4 Å². The minimum Gasteiger partial charge on any atom is -0.495 e. The molecule has 20 heavy (non-hydrogen) atoms. The van der Waals surface area contributed by atoms with Gasteiger partial charge in [0.25, 0.3) is 0 Å². The van der Waals surface area contributed by atoms with E-state index >= 15 is 0 Å². The minimum atomic E-state index is -0.826. The second-order valence-corrected chi connectivity index (χ2v) is 5.06. The molecule has 1 saturated heterocycles. The molecule has 0 bridgehead atoms. The quantitative estimate of drug-likeness (QED) is 0.903. The van der Waals surface area contributed by atoms with E-state index in [1.54, 1.807) is 19.2 Å². The fourth-order valence-electron chi connectivity index (χ4n) is 2.40. The Hall–Kier alpha value is -1.30. The number of ether oxygens (including phenoxy) is 2. The molecule has 1 heterocycles. The molecule has 0 aromatic heterocycles. The highest BCUT2D eigenvalue weighted by molar-refractivity contribution is 6.32. The summed E-state index contributed by atoms with van der Waals surface area (Å²) in [6.07, 6.45) is 0.0443. The van der Waals surface area contributed by atoms with Crippen LogP contribution in [0.4, 0.5) is 0 Å². The summed E-state index contributed by atoms with van der Waals surface area (Å²) in [4.78, 5) is 13.2. The fraction of sp³-hybridized carbons (Fsp3) is 0.500. The maximum atomic E-state index is 11.1. The number of morpholine rings is 1. The Labute approximate surface area is 123 Å². The number of hydrogen-bond acceptors (Lipinski definition) is 4. The first kappa shape index (κ1) is 15.1. The minimum absolute atomic E-state index is 0.0443. The summed E-state index contributed by atoms with van der Waals surface area (Å²) in [5.74, 6) is -0.236. The molecular weight excluding hydrogens is 282 g/mol. The zero-order valence-corrected chi connectivity index (χ0v) is 12.1. The average Bonchev–Trinajstić information content (AvgIpc) is 2.45. The number of hydrogen-bond donors (Lipinski definition) is 1. The highest BCUT2D eigenvalue weighted by Gasteiger charge is 2.25. The van der Waals surface area contributed by atoms with Crippen LogP contribution in [0.2, 0.25) is 5.02 Å². The molecule has 2 rings (SSSR count). The lowest BCUT2D eigenvalue weighted by Gasteiger charge is -2.34. The summed E-state index contributed by atoms with van der Waals surface area (Å²) in [6, 6.07) is 5.23. The molecule has 0 spiro atoms. The van der Waals surface area contributed by atoms with Crippen LogP contribution in [0.1, 0.15) is 18.0 Å². The van der Waals surface area contributed by atoms with E-state index in [0.717, 1.165) is 18.7 Å². The lowest BCUT2D eigenvalue weighted by molar-refractivity contribution is -0.139. The molecule has 1 unspecified atom stereocenters. The third-order valence-corrected chi connectivity index (χ3v) is 3.71. The number of carboxylic acids is 1. The first-order valence-corrected chi connectivity index (χ1v) is 6.86. The van der Waals surface area contributed by atoms with Gasteiger partial charge in [0.2, 0.25) is 0 Å². The number of nitrogens with zero attached hydrogens (tertiary/aromatic N) is 1. The average molecular weight is 300 g/mol. The van der Waals surface area contributed by atoms with Crippen LogP contribution in [0.3, 0.4) is 0 Å². The Morgan fingerprint density at radius 2 is 2.20 bits per heavy atom. The number of aliphatic carboxylic acids is 1. The van der Waals surface area contributed by atoms with Crippen molar-refractivity contribution in [3.8, 4) is 5.75 Å². The Bertz CT molecular complexity index is 474. The lowest BCUT2D eigenvalue weighted by Crippen LogP contribution is -2.39. The van der Waals surface area contributed by atoms with Crippen LogP contribution in [0.5, 0.6) is 5.75 Å². The smallest absolute Gasteiger partial charge is 0.305 e. The number of methoxy groups -OCH3 is 1. The van der Waals surface area contributed by atoms with Crippen LogP contribution in [-0.2, 0) is 9.53 Å². The molecule has 110 valence electrons. The highest BCUT2D eigenvalue weighted by atomic mass is 35.5. The van der Waals surface area contributed by atoms with Crippen molar-refractivity contribution in [3.63, 3.8) is 0 Å². The maximum Gasteiger partial charge on any atom is 0.305 e. The van der Waals surface area contributed by atoms with E-state index < -0.39 is 5.97 Å². The van der Waals surface area contributed by atoms with Crippen molar-refractivity contribution >= 4 is 17.6 Å². The highest BCUT2D eigenvalue weighted by Crippen LogP contribution is 2.32. The SMILES string of the molecule is COc1ccc(C(CC(=O)O)N2CCOCC2)cc1Cl. The number of benzene rings is 1. The Kier molecular flexibility index (Phi) is 5.23. The monoisotopic (exact) mass is 299 g/mol. The summed E-state index contributed by atoms with van der Waals surface area (Å²) >= 11 is 6.13. The van der Waals surface area contributed by atoms with Gasteiger partial charge in [-0.15, -0.1) is 0 Å². The predicted molar refractivity (Wildman–Crippen MR) is 75.4 cm³/mol. The van der Waals surface area contributed by atoms with Crippen molar-refractivity contribution in [3.05, 3.63) is 28.8 Å². The third-order valence-electron chi connectivity index (χ3n) is 3.42. The first-order valence-electron chi connectivity index (χ1n) is 6.49. The van der Waals surface area contributed by atoms with Gasteiger partial charge in [-0.25, -0.2) is 0 Å². The maximum absolute atomic E-state index is 11.1. The van der Waals surface area contributed by atoms with Crippen LogP contribution in [0.15, 0.2) is 18.2 Å². The van der Waals surface area contributed by atoms with Gasteiger partial charge in [0.1, 0.15) is 5.75 Å². The number of halogens is 1. The molecule has 1 atom stereocenters. The zero-order valence-electron chi connectivity index (χ0n) is 11.3. The molecule has 1 aromatic rings. The van der Waals surface area contributed by atoms with E-state index in [1.807, 2.05) is 6.07 Å². The van der Waals surface area contributed by atoms with Crippen molar-refractivity contribution in [2.45, 2.75) is 12.5 Å². The van der Waals surface area contributed by atoms with E-state index in [0.29, 0.717) is 24.0 Å². The Morgan fingerprint density at radius 3 is 2.75 bits per heavy atom. The normalized spacial score (nSPS) is 17.7. The Morgan fingerprint density at radius 1 is 1.50 bits per heavy atom. The molecule has 0 saturated carbocycles. The molecule has 0 radical (unpaired) electrons. The van der Waals surface area contributed by atoms with E-state index in [9.17, 15) is 4.79 Å². The van der Waals surface area contributed by atoms with Gasteiger partial charge in [0.05, 0.1) is 31.8 Å². The van der Waals surface area contributed by atoms with Crippen molar-refractivity contribution in [1.29, 1.82) is 0 Å². The standard InChI is InChI=1S/C14H18ClNO4/c1-19-13-3-2-10(8-11(13)15)12(9-14(17)18)16-4-6-20-7-5-16/h2-3,8,12H,4-7,9H2,1H3,(H,17,18). The van der Waals surface area contributed by atoms with Gasteiger partial charge < -0.3 is 14.6 Å². The predicted octanol–water partition coefficient (Wildman–Crippen LogP) is 2.20. The number of carbonyl (C=O) groups is 1. The van der Waals surface area contributed by atoms with Crippen LogP contribution >= 0.6 is 11.6 Å². The molecular formula is C14H18ClNO4. The van der Waals surface area contributed by atoms with E-state index in [1.165, 1.54) is 0 Å². The summed E-state index contributed by atoms with van der Waals surface area (Å²) in [5, 5.41) is 9.62. The van der Waals surface area contributed by atoms with E-state index in [4.69, 9.17) is 26.2 Å². The van der Waals surface area contributed by atoms with Crippen LogP contribution < -0.4 is 4.74 Å². The van der Waals surface area contributed by atoms with Gasteiger partial charge in [-0.05, 0) is 17.7 Å². The fourth-order valence-corrected chi connectivity index (χ4v) is 2.67. The van der Waals surface area contributed by atoms with Gasteiger partial charge in [-0.3, -0.25) is 9.69 Å². The van der Waals surface area contributed by atoms with Gasteiger partial charge >= 0.3 is 5.97 Å².